The Morgan fingerprint density at radius 3 is 2.36 bits per heavy atom. The molecule has 0 saturated heterocycles. The molecular formula is C17H20FN3O. The van der Waals surface area contributed by atoms with Gasteiger partial charge < -0.3 is 16.4 Å². The highest BCUT2D eigenvalue weighted by Crippen LogP contribution is 2.12. The molecule has 0 spiro atoms. The number of nitrogens with two attached hydrogens (primary N) is 1. The third kappa shape index (κ3) is 4.86. The number of rotatable bonds is 7. The minimum absolute atomic E-state index is 0.255. The molecule has 4 nitrogen and oxygen atoms in total. The fourth-order valence-corrected chi connectivity index (χ4v) is 1.95. The van der Waals surface area contributed by atoms with Crippen molar-refractivity contribution in [3.63, 3.8) is 0 Å². The molecule has 1 atom stereocenters. The lowest BCUT2D eigenvalue weighted by molar-refractivity contribution is -0.119. The van der Waals surface area contributed by atoms with Gasteiger partial charge in [0.1, 0.15) is 5.82 Å². The first kappa shape index (κ1) is 16.0. The smallest absolute Gasteiger partial charge is 0.234 e. The second kappa shape index (κ2) is 7.56. The Balaban J connectivity index is 1.85. The summed E-state index contributed by atoms with van der Waals surface area (Å²) in [6, 6.07) is 14.0. The monoisotopic (exact) mass is 301 g/mol. The highest BCUT2D eigenvalue weighted by Gasteiger charge is 2.06. The second-order valence-corrected chi connectivity index (χ2v) is 5.19. The van der Waals surface area contributed by atoms with Crippen LogP contribution in [0.5, 0.6) is 0 Å². The van der Waals surface area contributed by atoms with E-state index in [2.05, 4.69) is 10.6 Å². The zero-order valence-corrected chi connectivity index (χ0v) is 12.5. The Morgan fingerprint density at radius 2 is 1.77 bits per heavy atom. The number of carbonyl (C=O) groups excluding carboxylic acids is 1. The largest absolute Gasteiger partial charge is 0.381 e. The lowest BCUT2D eigenvalue weighted by Crippen LogP contribution is -2.38. The Morgan fingerprint density at radius 1 is 1.14 bits per heavy atom. The molecule has 22 heavy (non-hydrogen) atoms. The van der Waals surface area contributed by atoms with Crippen LogP contribution in [0, 0.1) is 5.82 Å². The molecule has 1 unspecified atom stereocenters. The molecule has 0 fully saturated rings. The average molecular weight is 301 g/mol. The zero-order chi connectivity index (χ0) is 15.9. The molecule has 0 bridgehead atoms. The summed E-state index contributed by atoms with van der Waals surface area (Å²) in [5.74, 6) is -0.620. The maximum atomic E-state index is 13.1. The molecule has 116 valence electrons. The number of anilines is 1. The van der Waals surface area contributed by atoms with Crippen LogP contribution in [0.2, 0.25) is 0 Å². The maximum Gasteiger partial charge on any atom is 0.234 e. The summed E-state index contributed by atoms with van der Waals surface area (Å²) in [7, 11) is 0. The van der Waals surface area contributed by atoms with Crippen LogP contribution in [-0.4, -0.2) is 11.9 Å². The molecule has 0 radical (unpaired) electrons. The van der Waals surface area contributed by atoms with E-state index in [0.29, 0.717) is 13.1 Å². The lowest BCUT2D eigenvalue weighted by Gasteiger charge is -2.11. The van der Waals surface area contributed by atoms with Gasteiger partial charge in [-0.05, 0) is 36.2 Å². The summed E-state index contributed by atoms with van der Waals surface area (Å²) < 4.78 is 13.1. The van der Waals surface area contributed by atoms with Crippen molar-refractivity contribution in [3.8, 4) is 0 Å². The number of hydrogen-bond donors (Lipinski definition) is 3. The number of primary amides is 1. The summed E-state index contributed by atoms with van der Waals surface area (Å²) in [6.07, 6.45) is 0. The molecule has 1 amide bonds. The van der Waals surface area contributed by atoms with Gasteiger partial charge in [-0.1, -0.05) is 30.3 Å². The van der Waals surface area contributed by atoms with Crippen LogP contribution in [0.15, 0.2) is 48.5 Å². The van der Waals surface area contributed by atoms with Gasteiger partial charge in [-0.3, -0.25) is 4.79 Å². The minimum Gasteiger partial charge on any atom is -0.381 e. The summed E-state index contributed by atoms with van der Waals surface area (Å²) in [6.45, 7) is 2.94. The molecule has 5 heteroatoms. The number of nitrogens with one attached hydrogen (secondary N) is 2. The zero-order valence-electron chi connectivity index (χ0n) is 12.5. The first-order chi connectivity index (χ1) is 10.5. The van der Waals surface area contributed by atoms with Gasteiger partial charge >= 0.3 is 0 Å². The number of amides is 1. The van der Waals surface area contributed by atoms with E-state index >= 15 is 0 Å². The van der Waals surface area contributed by atoms with Crippen molar-refractivity contribution in [2.45, 2.75) is 26.1 Å². The summed E-state index contributed by atoms with van der Waals surface area (Å²) in [4.78, 5) is 10.9. The van der Waals surface area contributed by atoms with Crippen LogP contribution in [0.4, 0.5) is 10.1 Å². The van der Waals surface area contributed by atoms with Crippen molar-refractivity contribution in [2.75, 3.05) is 5.32 Å². The standard InChI is InChI=1S/C17H20FN3O/c1-12(17(19)22)20-10-13-5-7-14(8-6-13)11-21-16-4-2-3-15(18)9-16/h2-9,12,20-21H,10-11H2,1H3,(H2,19,22). The molecule has 0 heterocycles. The number of halogens is 1. The van der Waals surface area contributed by atoms with E-state index < -0.39 is 0 Å². The predicted molar refractivity (Wildman–Crippen MR) is 85.7 cm³/mol. The predicted octanol–water partition coefficient (Wildman–Crippen LogP) is 2.40. The normalized spacial score (nSPS) is 11.9. The summed E-state index contributed by atoms with van der Waals surface area (Å²) >= 11 is 0. The molecule has 2 aromatic rings. The van der Waals surface area contributed by atoms with Gasteiger partial charge in [0.25, 0.3) is 0 Å². The fourth-order valence-electron chi connectivity index (χ4n) is 1.95. The minimum atomic E-state index is -0.365. The molecule has 0 aromatic heterocycles. The highest BCUT2D eigenvalue weighted by atomic mass is 19.1. The molecule has 4 N–H and O–H groups in total. The van der Waals surface area contributed by atoms with Crippen LogP contribution < -0.4 is 16.4 Å². The topological polar surface area (TPSA) is 67.2 Å². The molecular weight excluding hydrogens is 281 g/mol. The van der Waals surface area contributed by atoms with E-state index in [1.54, 1.807) is 13.0 Å². The van der Waals surface area contributed by atoms with E-state index in [1.165, 1.54) is 12.1 Å². The molecule has 0 aliphatic carbocycles. The van der Waals surface area contributed by atoms with Gasteiger partial charge in [0.05, 0.1) is 6.04 Å². The maximum absolute atomic E-state index is 13.1. The molecule has 0 aliphatic rings. The van der Waals surface area contributed by atoms with Crippen molar-refractivity contribution in [1.29, 1.82) is 0 Å². The second-order valence-electron chi connectivity index (χ2n) is 5.19. The quantitative estimate of drug-likeness (QED) is 0.735. The van der Waals surface area contributed by atoms with Gasteiger partial charge in [0.15, 0.2) is 0 Å². The van der Waals surface area contributed by atoms with Crippen LogP contribution in [0.25, 0.3) is 0 Å². The Hall–Kier alpha value is -2.40. The molecule has 0 saturated carbocycles. The fraction of sp³-hybridized carbons (Fsp3) is 0.235. The van der Waals surface area contributed by atoms with E-state index in [-0.39, 0.29) is 17.8 Å². The van der Waals surface area contributed by atoms with E-state index in [9.17, 15) is 9.18 Å². The Labute approximate surface area is 129 Å². The van der Waals surface area contributed by atoms with E-state index in [1.807, 2.05) is 30.3 Å². The Bertz CT molecular complexity index is 628. The van der Waals surface area contributed by atoms with Gasteiger partial charge in [-0.25, -0.2) is 4.39 Å². The SMILES string of the molecule is CC(NCc1ccc(CNc2cccc(F)c2)cc1)C(N)=O. The summed E-state index contributed by atoms with van der Waals surface area (Å²) in [5, 5.41) is 6.22. The molecule has 2 rings (SSSR count). The lowest BCUT2D eigenvalue weighted by atomic mass is 10.1. The van der Waals surface area contributed by atoms with Crippen molar-refractivity contribution in [3.05, 3.63) is 65.5 Å². The highest BCUT2D eigenvalue weighted by molar-refractivity contribution is 5.79. The first-order valence-corrected chi connectivity index (χ1v) is 7.14. The average Bonchev–Trinajstić information content (AvgIpc) is 2.51. The van der Waals surface area contributed by atoms with Gasteiger partial charge in [0.2, 0.25) is 5.91 Å². The van der Waals surface area contributed by atoms with Crippen molar-refractivity contribution in [1.82, 2.24) is 5.32 Å². The van der Waals surface area contributed by atoms with Crippen molar-refractivity contribution in [2.24, 2.45) is 5.73 Å². The third-order valence-electron chi connectivity index (χ3n) is 3.38. The molecule has 0 aliphatic heterocycles. The van der Waals surface area contributed by atoms with Crippen molar-refractivity contribution >= 4 is 11.6 Å². The first-order valence-electron chi connectivity index (χ1n) is 7.14. The number of hydrogen-bond acceptors (Lipinski definition) is 3. The molecule has 2 aromatic carbocycles. The van der Waals surface area contributed by atoms with Crippen LogP contribution in [-0.2, 0) is 17.9 Å². The van der Waals surface area contributed by atoms with Crippen molar-refractivity contribution < 1.29 is 9.18 Å². The van der Waals surface area contributed by atoms with Crippen LogP contribution in [0.3, 0.4) is 0 Å². The Kier molecular flexibility index (Phi) is 5.49. The van der Waals surface area contributed by atoms with Gasteiger partial charge in [0, 0.05) is 18.8 Å². The summed E-state index contributed by atoms with van der Waals surface area (Å²) in [5.41, 5.74) is 8.11. The third-order valence-corrected chi connectivity index (χ3v) is 3.38. The van der Waals surface area contributed by atoms with E-state index in [4.69, 9.17) is 5.73 Å². The van der Waals surface area contributed by atoms with Crippen LogP contribution in [0.1, 0.15) is 18.1 Å². The van der Waals surface area contributed by atoms with E-state index in [0.717, 1.165) is 16.8 Å². The number of carbonyl (C=O) groups is 1. The van der Waals surface area contributed by atoms with Gasteiger partial charge in [-0.15, -0.1) is 0 Å². The van der Waals surface area contributed by atoms with Crippen LogP contribution >= 0.6 is 0 Å². The number of benzene rings is 2. The van der Waals surface area contributed by atoms with Gasteiger partial charge in [-0.2, -0.15) is 0 Å².